The van der Waals surface area contributed by atoms with Crippen molar-refractivity contribution < 1.29 is 14.3 Å². The average molecular weight is 337 g/mol. The number of rotatable bonds is 6. The molecule has 2 saturated heterocycles. The number of carbonyl (C=O) groups is 2. The van der Waals surface area contributed by atoms with Gasteiger partial charge in [-0.1, -0.05) is 6.07 Å². The monoisotopic (exact) mass is 337 g/mol. The first-order valence-electron chi connectivity index (χ1n) is 8.14. The van der Waals surface area contributed by atoms with Gasteiger partial charge in [-0.05, 0) is 17.9 Å². The van der Waals surface area contributed by atoms with E-state index in [-0.39, 0.29) is 24.4 Å². The zero-order chi connectivity index (χ0) is 16.1. The van der Waals surface area contributed by atoms with Crippen molar-refractivity contribution in [3.8, 4) is 0 Å². The van der Waals surface area contributed by atoms with E-state index < -0.39 is 0 Å². The van der Waals surface area contributed by atoms with Crippen LogP contribution in [-0.2, 0) is 14.3 Å². The van der Waals surface area contributed by atoms with Gasteiger partial charge in [0.05, 0.1) is 25.8 Å². The number of ether oxygens (including phenoxy) is 1. The Kier molecular flexibility index (Phi) is 5.64. The predicted octanol–water partition coefficient (Wildman–Crippen LogP) is 0.860. The highest BCUT2D eigenvalue weighted by atomic mass is 32.1. The van der Waals surface area contributed by atoms with Crippen LogP contribution in [0.4, 0.5) is 0 Å². The highest BCUT2D eigenvalue weighted by molar-refractivity contribution is 7.10. The minimum atomic E-state index is -0.0740. The SMILES string of the molecule is O=C(CN1CCCC1=O)NCC(c1cccs1)N1CCOCC1. The summed E-state index contributed by atoms with van der Waals surface area (Å²) < 4.78 is 5.42. The van der Waals surface area contributed by atoms with Crippen LogP contribution < -0.4 is 5.32 Å². The van der Waals surface area contributed by atoms with Gasteiger partial charge in [-0.3, -0.25) is 14.5 Å². The third kappa shape index (κ3) is 4.31. The highest BCUT2D eigenvalue weighted by Crippen LogP contribution is 2.25. The maximum Gasteiger partial charge on any atom is 0.239 e. The number of amides is 2. The zero-order valence-corrected chi connectivity index (χ0v) is 14.0. The number of hydrogen-bond acceptors (Lipinski definition) is 5. The standard InChI is InChI=1S/C16H23N3O3S/c20-15(12-19-5-1-4-16(19)21)17-11-13(14-3-2-10-23-14)18-6-8-22-9-7-18/h2-3,10,13H,1,4-9,11-12H2,(H,17,20). The molecule has 2 aliphatic heterocycles. The molecule has 1 aromatic rings. The lowest BCUT2D eigenvalue weighted by molar-refractivity contribution is -0.133. The van der Waals surface area contributed by atoms with E-state index in [1.54, 1.807) is 16.2 Å². The number of nitrogens with one attached hydrogen (secondary N) is 1. The third-order valence-electron chi connectivity index (χ3n) is 4.36. The predicted molar refractivity (Wildman–Crippen MR) is 88.3 cm³/mol. The molecule has 2 fully saturated rings. The van der Waals surface area contributed by atoms with Crippen LogP contribution in [0, 0.1) is 0 Å². The number of morpholine rings is 1. The molecule has 1 N–H and O–H groups in total. The van der Waals surface area contributed by atoms with Crippen LogP contribution >= 0.6 is 11.3 Å². The van der Waals surface area contributed by atoms with E-state index in [1.807, 2.05) is 6.07 Å². The summed E-state index contributed by atoms with van der Waals surface area (Å²) >= 11 is 1.71. The first kappa shape index (κ1) is 16.4. The van der Waals surface area contributed by atoms with Crippen molar-refractivity contribution in [2.45, 2.75) is 18.9 Å². The molecular weight excluding hydrogens is 314 g/mol. The summed E-state index contributed by atoms with van der Waals surface area (Å²) in [5.41, 5.74) is 0. The first-order chi connectivity index (χ1) is 11.2. The van der Waals surface area contributed by atoms with Gasteiger partial charge < -0.3 is 15.0 Å². The summed E-state index contributed by atoms with van der Waals surface area (Å²) in [7, 11) is 0. The van der Waals surface area contributed by atoms with E-state index in [2.05, 4.69) is 21.7 Å². The van der Waals surface area contributed by atoms with Crippen molar-refractivity contribution in [1.29, 1.82) is 0 Å². The molecule has 2 amide bonds. The lowest BCUT2D eigenvalue weighted by atomic mass is 10.2. The number of likely N-dealkylation sites (tertiary alicyclic amines) is 1. The van der Waals surface area contributed by atoms with Gasteiger partial charge in [-0.2, -0.15) is 0 Å². The smallest absolute Gasteiger partial charge is 0.239 e. The van der Waals surface area contributed by atoms with Crippen LogP contribution in [0.5, 0.6) is 0 Å². The molecule has 0 aromatic carbocycles. The first-order valence-corrected chi connectivity index (χ1v) is 9.01. The Hall–Kier alpha value is -1.44. The van der Waals surface area contributed by atoms with Crippen molar-refractivity contribution in [1.82, 2.24) is 15.1 Å². The van der Waals surface area contributed by atoms with Crippen molar-refractivity contribution in [3.05, 3.63) is 22.4 Å². The van der Waals surface area contributed by atoms with Gasteiger partial charge in [0, 0.05) is 37.5 Å². The molecular formula is C16H23N3O3S. The van der Waals surface area contributed by atoms with Gasteiger partial charge in [0.25, 0.3) is 0 Å². The molecule has 0 aliphatic carbocycles. The fourth-order valence-corrected chi connectivity index (χ4v) is 3.95. The molecule has 3 rings (SSSR count). The highest BCUT2D eigenvalue weighted by Gasteiger charge is 2.26. The van der Waals surface area contributed by atoms with E-state index in [4.69, 9.17) is 4.74 Å². The fraction of sp³-hybridized carbons (Fsp3) is 0.625. The Morgan fingerprint density at radius 1 is 1.35 bits per heavy atom. The van der Waals surface area contributed by atoms with E-state index in [1.165, 1.54) is 4.88 Å². The minimum Gasteiger partial charge on any atom is -0.379 e. The molecule has 1 aromatic heterocycles. The van der Waals surface area contributed by atoms with Gasteiger partial charge >= 0.3 is 0 Å². The molecule has 0 saturated carbocycles. The van der Waals surface area contributed by atoms with Crippen LogP contribution in [0.3, 0.4) is 0 Å². The molecule has 0 spiro atoms. The van der Waals surface area contributed by atoms with Crippen LogP contribution in [-0.4, -0.2) is 67.6 Å². The lowest BCUT2D eigenvalue weighted by Crippen LogP contribution is -2.45. The molecule has 0 bridgehead atoms. The van der Waals surface area contributed by atoms with Gasteiger partial charge in [0.15, 0.2) is 0 Å². The van der Waals surface area contributed by atoms with Gasteiger partial charge in [0.1, 0.15) is 0 Å². The second kappa shape index (κ2) is 7.90. The quantitative estimate of drug-likeness (QED) is 0.836. The molecule has 7 heteroatoms. The second-order valence-electron chi connectivity index (χ2n) is 5.90. The summed E-state index contributed by atoms with van der Waals surface area (Å²) in [4.78, 5) is 29.0. The van der Waals surface area contributed by atoms with Crippen molar-refractivity contribution >= 4 is 23.2 Å². The summed E-state index contributed by atoms with van der Waals surface area (Å²) in [5.74, 6) is 0.0122. The third-order valence-corrected chi connectivity index (χ3v) is 5.33. The Morgan fingerprint density at radius 3 is 2.83 bits per heavy atom. The summed E-state index contributed by atoms with van der Waals surface area (Å²) in [6.45, 7) is 4.67. The molecule has 23 heavy (non-hydrogen) atoms. The number of nitrogens with zero attached hydrogens (tertiary/aromatic N) is 2. The topological polar surface area (TPSA) is 61.9 Å². The van der Waals surface area contributed by atoms with Crippen molar-refractivity contribution in [2.75, 3.05) is 45.9 Å². The van der Waals surface area contributed by atoms with Crippen molar-refractivity contribution in [3.63, 3.8) is 0 Å². The molecule has 6 nitrogen and oxygen atoms in total. The summed E-state index contributed by atoms with van der Waals surface area (Å²) in [5, 5.41) is 5.07. The Labute approximate surface area is 140 Å². The van der Waals surface area contributed by atoms with E-state index in [9.17, 15) is 9.59 Å². The van der Waals surface area contributed by atoms with E-state index in [0.717, 1.165) is 32.7 Å². The second-order valence-corrected chi connectivity index (χ2v) is 6.88. The van der Waals surface area contributed by atoms with Crippen LogP contribution in [0.25, 0.3) is 0 Å². The number of thiophene rings is 1. The molecule has 1 unspecified atom stereocenters. The van der Waals surface area contributed by atoms with Crippen LogP contribution in [0.15, 0.2) is 17.5 Å². The maximum atomic E-state index is 12.2. The van der Waals surface area contributed by atoms with Gasteiger partial charge in [-0.25, -0.2) is 0 Å². The minimum absolute atomic E-state index is 0.0740. The van der Waals surface area contributed by atoms with E-state index >= 15 is 0 Å². The van der Waals surface area contributed by atoms with E-state index in [0.29, 0.717) is 19.5 Å². The summed E-state index contributed by atoms with van der Waals surface area (Å²) in [6, 6.07) is 4.33. The Morgan fingerprint density at radius 2 is 2.17 bits per heavy atom. The van der Waals surface area contributed by atoms with Gasteiger partial charge in [-0.15, -0.1) is 11.3 Å². The van der Waals surface area contributed by atoms with Crippen LogP contribution in [0.2, 0.25) is 0 Å². The normalized spacial score (nSPS) is 20.7. The fourth-order valence-electron chi connectivity index (χ4n) is 3.09. The maximum absolute atomic E-state index is 12.2. The number of hydrogen-bond donors (Lipinski definition) is 1. The molecule has 2 aliphatic rings. The lowest BCUT2D eigenvalue weighted by Gasteiger charge is -2.34. The van der Waals surface area contributed by atoms with Gasteiger partial charge in [0.2, 0.25) is 11.8 Å². The Bertz CT molecular complexity index is 529. The van der Waals surface area contributed by atoms with Crippen molar-refractivity contribution in [2.24, 2.45) is 0 Å². The average Bonchev–Trinajstić information content (AvgIpc) is 3.22. The largest absolute Gasteiger partial charge is 0.379 e. The number of carbonyl (C=O) groups excluding carboxylic acids is 2. The van der Waals surface area contributed by atoms with Crippen LogP contribution in [0.1, 0.15) is 23.8 Å². The summed E-state index contributed by atoms with van der Waals surface area (Å²) in [6.07, 6.45) is 1.43. The molecule has 126 valence electrons. The molecule has 3 heterocycles. The molecule has 0 radical (unpaired) electrons. The Balaban J connectivity index is 1.55. The zero-order valence-electron chi connectivity index (χ0n) is 13.2. The molecule has 1 atom stereocenters.